The lowest BCUT2D eigenvalue weighted by Gasteiger charge is -2.17. The van der Waals surface area contributed by atoms with Crippen LogP contribution in [0, 0.1) is 0 Å². The molecule has 1 unspecified atom stereocenters. The van der Waals surface area contributed by atoms with E-state index in [0.717, 1.165) is 6.07 Å². The van der Waals surface area contributed by atoms with Crippen molar-refractivity contribution >= 4 is 5.69 Å². The van der Waals surface area contributed by atoms with Gasteiger partial charge in [-0.15, -0.1) is 0 Å². The van der Waals surface area contributed by atoms with Gasteiger partial charge in [-0.3, -0.25) is 0 Å². The lowest BCUT2D eigenvalue weighted by atomic mass is 10.1. The number of nitrogens with one attached hydrogen (secondary N) is 1. The first-order chi connectivity index (χ1) is 8.38. The zero-order valence-corrected chi connectivity index (χ0v) is 9.66. The average molecular weight is 265 g/mol. The number of alkyl halides is 3. The molecule has 0 radical (unpaired) electrons. The molecule has 0 spiro atoms. The number of benzene rings is 1. The first-order valence-corrected chi connectivity index (χ1v) is 5.16. The maximum absolute atomic E-state index is 12.8. The highest BCUT2D eigenvalue weighted by Crippen LogP contribution is 2.37. The number of rotatable bonds is 5. The number of aliphatic hydroxyl groups excluding tert-OH is 2. The fraction of sp³-hybridized carbons (Fsp3) is 0.455. The summed E-state index contributed by atoms with van der Waals surface area (Å²) < 4.78 is 43.0. The van der Waals surface area contributed by atoms with Gasteiger partial charge in [0.15, 0.2) is 0 Å². The molecule has 4 nitrogen and oxygen atoms in total. The van der Waals surface area contributed by atoms with Gasteiger partial charge in [0.05, 0.1) is 25.4 Å². The Morgan fingerprint density at radius 1 is 1.39 bits per heavy atom. The van der Waals surface area contributed by atoms with Gasteiger partial charge in [-0.05, 0) is 18.2 Å². The van der Waals surface area contributed by atoms with E-state index in [2.05, 4.69) is 5.32 Å². The largest absolute Gasteiger partial charge is 0.497 e. The molecule has 0 aliphatic rings. The van der Waals surface area contributed by atoms with Crippen molar-refractivity contribution in [2.75, 3.05) is 25.6 Å². The van der Waals surface area contributed by atoms with E-state index in [4.69, 9.17) is 14.9 Å². The van der Waals surface area contributed by atoms with Crippen LogP contribution in [0.5, 0.6) is 5.75 Å². The molecular formula is C11H14F3NO3. The van der Waals surface area contributed by atoms with Crippen LogP contribution in [0.4, 0.5) is 18.9 Å². The maximum Gasteiger partial charge on any atom is 0.418 e. The first kappa shape index (κ1) is 14.6. The molecule has 1 rings (SSSR count). The van der Waals surface area contributed by atoms with E-state index < -0.39 is 24.5 Å². The smallest absolute Gasteiger partial charge is 0.418 e. The van der Waals surface area contributed by atoms with Crippen LogP contribution in [0.15, 0.2) is 18.2 Å². The Labute approximate surface area is 102 Å². The second-order valence-corrected chi connectivity index (χ2v) is 3.63. The van der Waals surface area contributed by atoms with E-state index in [1.54, 1.807) is 0 Å². The van der Waals surface area contributed by atoms with Gasteiger partial charge in [0.1, 0.15) is 5.75 Å². The Kier molecular flexibility index (Phi) is 4.80. The Bertz CT molecular complexity index is 396. The standard InChI is InChI=1S/C11H14F3NO3/c1-18-8-2-3-10(15-5-7(17)6-16)9(4-8)11(12,13)14/h2-4,7,15-17H,5-6H2,1H3. The summed E-state index contributed by atoms with van der Waals surface area (Å²) in [7, 11) is 1.28. The van der Waals surface area contributed by atoms with E-state index in [-0.39, 0.29) is 18.0 Å². The lowest BCUT2D eigenvalue weighted by molar-refractivity contribution is -0.137. The lowest BCUT2D eigenvalue weighted by Crippen LogP contribution is -2.24. The minimum atomic E-state index is -4.53. The van der Waals surface area contributed by atoms with Gasteiger partial charge in [0, 0.05) is 12.2 Å². The number of methoxy groups -OCH3 is 1. The number of hydrogen-bond donors (Lipinski definition) is 3. The van der Waals surface area contributed by atoms with E-state index in [1.807, 2.05) is 0 Å². The predicted molar refractivity (Wildman–Crippen MR) is 59.6 cm³/mol. The molecule has 0 heterocycles. The topological polar surface area (TPSA) is 61.7 Å². The van der Waals surface area contributed by atoms with Crippen LogP contribution < -0.4 is 10.1 Å². The molecule has 0 fully saturated rings. The molecule has 1 atom stereocenters. The first-order valence-electron chi connectivity index (χ1n) is 5.16. The van der Waals surface area contributed by atoms with Crippen molar-refractivity contribution in [3.63, 3.8) is 0 Å². The summed E-state index contributed by atoms with van der Waals surface area (Å²) in [6.45, 7) is -0.698. The monoisotopic (exact) mass is 265 g/mol. The van der Waals surface area contributed by atoms with E-state index >= 15 is 0 Å². The minimum absolute atomic E-state index is 0.0931. The fourth-order valence-electron chi connectivity index (χ4n) is 1.33. The third-order valence-electron chi connectivity index (χ3n) is 2.27. The third kappa shape index (κ3) is 3.78. The van der Waals surface area contributed by atoms with Crippen molar-refractivity contribution in [2.45, 2.75) is 12.3 Å². The molecule has 1 aromatic rings. The van der Waals surface area contributed by atoms with Crippen LogP contribution in [0.3, 0.4) is 0 Å². The summed E-state index contributed by atoms with van der Waals surface area (Å²) in [5.74, 6) is 0.0931. The molecule has 1 aromatic carbocycles. The van der Waals surface area contributed by atoms with Crippen molar-refractivity contribution in [1.82, 2.24) is 0 Å². The van der Waals surface area contributed by atoms with Gasteiger partial charge < -0.3 is 20.3 Å². The fourth-order valence-corrected chi connectivity index (χ4v) is 1.33. The summed E-state index contributed by atoms with van der Waals surface area (Å²) in [6, 6.07) is 3.46. The highest BCUT2D eigenvalue weighted by molar-refractivity contribution is 5.55. The quantitative estimate of drug-likeness (QED) is 0.754. The van der Waals surface area contributed by atoms with Gasteiger partial charge in [-0.25, -0.2) is 0 Å². The summed E-state index contributed by atoms with van der Waals surface area (Å²) >= 11 is 0. The van der Waals surface area contributed by atoms with Crippen molar-refractivity contribution in [3.05, 3.63) is 23.8 Å². The van der Waals surface area contributed by atoms with Gasteiger partial charge in [0.25, 0.3) is 0 Å². The molecular weight excluding hydrogens is 251 g/mol. The van der Waals surface area contributed by atoms with Crippen molar-refractivity contribution < 1.29 is 28.1 Å². The van der Waals surface area contributed by atoms with E-state index in [0.29, 0.717) is 0 Å². The van der Waals surface area contributed by atoms with Crippen molar-refractivity contribution in [1.29, 1.82) is 0 Å². The highest BCUT2D eigenvalue weighted by atomic mass is 19.4. The van der Waals surface area contributed by atoms with Gasteiger partial charge in [-0.1, -0.05) is 0 Å². The van der Waals surface area contributed by atoms with Crippen LogP contribution in [0.25, 0.3) is 0 Å². The van der Waals surface area contributed by atoms with Crippen LogP contribution in [-0.4, -0.2) is 36.6 Å². The molecule has 0 aliphatic carbocycles. The number of halogens is 3. The Hall–Kier alpha value is -1.47. The minimum Gasteiger partial charge on any atom is -0.497 e. The van der Waals surface area contributed by atoms with Crippen LogP contribution in [-0.2, 0) is 6.18 Å². The van der Waals surface area contributed by atoms with Gasteiger partial charge >= 0.3 is 6.18 Å². The van der Waals surface area contributed by atoms with Crippen molar-refractivity contribution in [2.24, 2.45) is 0 Å². The van der Waals surface area contributed by atoms with E-state index in [1.165, 1.54) is 19.2 Å². The third-order valence-corrected chi connectivity index (χ3v) is 2.27. The van der Waals surface area contributed by atoms with Crippen LogP contribution in [0.1, 0.15) is 5.56 Å². The molecule has 0 bridgehead atoms. The van der Waals surface area contributed by atoms with Gasteiger partial charge in [-0.2, -0.15) is 13.2 Å². The molecule has 102 valence electrons. The van der Waals surface area contributed by atoms with Crippen molar-refractivity contribution in [3.8, 4) is 5.75 Å². The predicted octanol–water partition coefficient (Wildman–Crippen LogP) is 1.48. The van der Waals surface area contributed by atoms with E-state index in [9.17, 15) is 13.2 Å². The van der Waals surface area contributed by atoms with Crippen LogP contribution in [0.2, 0.25) is 0 Å². The summed E-state index contributed by atoms with van der Waals surface area (Å²) in [6.07, 6.45) is -5.64. The molecule has 0 saturated carbocycles. The second-order valence-electron chi connectivity index (χ2n) is 3.63. The molecule has 0 amide bonds. The highest BCUT2D eigenvalue weighted by Gasteiger charge is 2.34. The summed E-state index contributed by atoms with van der Waals surface area (Å²) in [4.78, 5) is 0. The zero-order valence-electron chi connectivity index (χ0n) is 9.66. The van der Waals surface area contributed by atoms with Crippen LogP contribution >= 0.6 is 0 Å². The number of aliphatic hydroxyl groups is 2. The molecule has 0 aliphatic heterocycles. The average Bonchev–Trinajstić information content (AvgIpc) is 2.34. The normalized spacial score (nSPS) is 13.2. The van der Waals surface area contributed by atoms with Gasteiger partial charge in [0.2, 0.25) is 0 Å². The molecule has 18 heavy (non-hydrogen) atoms. The number of anilines is 1. The maximum atomic E-state index is 12.8. The Balaban J connectivity index is 2.96. The Morgan fingerprint density at radius 3 is 2.56 bits per heavy atom. The molecule has 0 aromatic heterocycles. The Morgan fingerprint density at radius 2 is 2.06 bits per heavy atom. The molecule has 3 N–H and O–H groups in total. The second kappa shape index (κ2) is 5.92. The zero-order chi connectivity index (χ0) is 13.8. The SMILES string of the molecule is COc1ccc(NCC(O)CO)c(C(F)(F)F)c1. The number of hydrogen-bond acceptors (Lipinski definition) is 4. The number of ether oxygens (including phenoxy) is 1. The molecule has 0 saturated heterocycles. The summed E-state index contributed by atoms with van der Waals surface area (Å²) in [5.41, 5.74) is -1.05. The molecule has 7 heteroatoms. The summed E-state index contributed by atoms with van der Waals surface area (Å²) in [5, 5.41) is 20.1.